The fourth-order valence-corrected chi connectivity index (χ4v) is 4.13. The standard InChI is InChI=1S/C14H18O7Si/c1-11(15)19-22(20-12(2)16,21-14(17)9-18-3)10-13-7-5-4-6-8-13/h4-8H,9-10H2,1-3H3. The molecular weight excluding hydrogens is 308 g/mol. The fourth-order valence-electron chi connectivity index (χ4n) is 1.78. The van der Waals surface area contributed by atoms with Crippen molar-refractivity contribution in [3.05, 3.63) is 35.9 Å². The molecule has 0 bridgehead atoms. The van der Waals surface area contributed by atoms with Gasteiger partial charge in [0.25, 0.3) is 11.9 Å². The molecule has 1 rings (SSSR count). The summed E-state index contributed by atoms with van der Waals surface area (Å²) in [5.74, 6) is -2.17. The lowest BCUT2D eigenvalue weighted by Gasteiger charge is -2.26. The van der Waals surface area contributed by atoms with Gasteiger partial charge in [-0.1, -0.05) is 30.3 Å². The van der Waals surface area contributed by atoms with Gasteiger partial charge in [-0.25, -0.2) is 0 Å². The smallest absolute Gasteiger partial charge is 0.455 e. The van der Waals surface area contributed by atoms with Gasteiger partial charge in [-0.15, -0.1) is 0 Å². The van der Waals surface area contributed by atoms with E-state index >= 15 is 0 Å². The molecule has 0 amide bonds. The summed E-state index contributed by atoms with van der Waals surface area (Å²) in [6.45, 7) is 1.97. The van der Waals surface area contributed by atoms with Crippen LogP contribution < -0.4 is 0 Å². The largest absolute Gasteiger partial charge is 0.709 e. The lowest BCUT2D eigenvalue weighted by molar-refractivity contribution is -0.151. The van der Waals surface area contributed by atoms with Crippen LogP contribution in [0.1, 0.15) is 19.4 Å². The number of carbonyl (C=O) groups is 3. The molecule has 0 spiro atoms. The first-order valence-corrected chi connectivity index (χ1v) is 8.44. The molecule has 0 N–H and O–H groups in total. The maximum absolute atomic E-state index is 11.7. The minimum absolute atomic E-state index is 0.00243. The Balaban J connectivity index is 3.08. The predicted molar refractivity (Wildman–Crippen MR) is 77.4 cm³/mol. The topological polar surface area (TPSA) is 88.1 Å². The summed E-state index contributed by atoms with van der Waals surface area (Å²) in [6, 6.07) is 8.85. The highest BCUT2D eigenvalue weighted by atomic mass is 28.4. The van der Waals surface area contributed by atoms with Gasteiger partial charge in [0, 0.05) is 21.0 Å². The van der Waals surface area contributed by atoms with Crippen molar-refractivity contribution in [1.82, 2.24) is 0 Å². The van der Waals surface area contributed by atoms with E-state index in [0.29, 0.717) is 5.56 Å². The van der Waals surface area contributed by atoms with Gasteiger partial charge < -0.3 is 18.0 Å². The molecule has 0 saturated heterocycles. The Morgan fingerprint density at radius 2 is 1.50 bits per heavy atom. The normalized spacial score (nSPS) is 10.7. The van der Waals surface area contributed by atoms with Gasteiger partial charge >= 0.3 is 14.8 Å². The molecular formula is C14H18O7Si. The molecule has 0 aliphatic carbocycles. The Hall–Kier alpha value is -2.19. The lowest BCUT2D eigenvalue weighted by atomic mass is 10.2. The second-order valence-electron chi connectivity index (χ2n) is 4.44. The van der Waals surface area contributed by atoms with Gasteiger partial charge in [-0.2, -0.15) is 0 Å². The van der Waals surface area contributed by atoms with Crippen LogP contribution >= 0.6 is 0 Å². The molecule has 0 atom stereocenters. The number of hydrogen-bond acceptors (Lipinski definition) is 7. The minimum Gasteiger partial charge on any atom is -0.455 e. The van der Waals surface area contributed by atoms with Crippen molar-refractivity contribution in [1.29, 1.82) is 0 Å². The highest BCUT2D eigenvalue weighted by molar-refractivity contribution is 6.65. The molecule has 0 aromatic heterocycles. The van der Waals surface area contributed by atoms with Crippen LogP contribution in [0.2, 0.25) is 0 Å². The van der Waals surface area contributed by atoms with Crippen molar-refractivity contribution in [3.8, 4) is 0 Å². The lowest BCUT2D eigenvalue weighted by Crippen LogP contribution is -2.52. The average molecular weight is 326 g/mol. The maximum Gasteiger partial charge on any atom is 0.709 e. The molecule has 0 radical (unpaired) electrons. The summed E-state index contributed by atoms with van der Waals surface area (Å²) in [5, 5.41) is 0. The van der Waals surface area contributed by atoms with Crippen molar-refractivity contribution in [2.45, 2.75) is 19.9 Å². The molecule has 0 aliphatic rings. The first-order chi connectivity index (χ1) is 10.4. The molecule has 0 aliphatic heterocycles. The molecule has 0 fully saturated rings. The third kappa shape index (κ3) is 6.06. The van der Waals surface area contributed by atoms with Gasteiger partial charge in [-0.3, -0.25) is 14.4 Å². The third-order valence-corrected chi connectivity index (χ3v) is 4.97. The van der Waals surface area contributed by atoms with Crippen LogP contribution in [-0.4, -0.2) is 40.4 Å². The molecule has 0 heterocycles. The zero-order chi connectivity index (χ0) is 16.6. The molecule has 1 aromatic carbocycles. The van der Waals surface area contributed by atoms with E-state index in [4.69, 9.17) is 13.3 Å². The second kappa shape index (κ2) is 8.30. The number of benzene rings is 1. The van der Waals surface area contributed by atoms with E-state index in [1.807, 2.05) is 0 Å². The number of rotatable bonds is 7. The van der Waals surface area contributed by atoms with Crippen molar-refractivity contribution in [3.63, 3.8) is 0 Å². The predicted octanol–water partition coefficient (Wildman–Crippen LogP) is 1.02. The number of hydrogen-bond donors (Lipinski definition) is 0. The summed E-state index contributed by atoms with van der Waals surface area (Å²) in [5.41, 5.74) is 0.710. The zero-order valence-corrected chi connectivity index (χ0v) is 13.7. The van der Waals surface area contributed by atoms with Crippen LogP contribution in [0.15, 0.2) is 30.3 Å². The monoisotopic (exact) mass is 326 g/mol. The second-order valence-corrected chi connectivity index (χ2v) is 6.77. The van der Waals surface area contributed by atoms with E-state index in [1.165, 1.54) is 7.11 Å². The van der Waals surface area contributed by atoms with Crippen molar-refractivity contribution >= 4 is 26.7 Å². The van der Waals surface area contributed by atoms with Crippen molar-refractivity contribution in [2.24, 2.45) is 0 Å². The summed E-state index contributed by atoms with van der Waals surface area (Å²) < 4.78 is 20.1. The van der Waals surface area contributed by atoms with E-state index in [0.717, 1.165) is 13.8 Å². The van der Waals surface area contributed by atoms with Crippen LogP contribution in [-0.2, 0) is 38.4 Å². The average Bonchev–Trinajstić information content (AvgIpc) is 2.37. The maximum atomic E-state index is 11.7. The summed E-state index contributed by atoms with van der Waals surface area (Å²) in [7, 11) is -2.57. The molecule has 0 saturated carbocycles. The SMILES string of the molecule is COCC(=O)O[Si](Cc1ccccc1)(OC(C)=O)OC(C)=O. The summed E-state index contributed by atoms with van der Waals surface area (Å²) >= 11 is 0. The van der Waals surface area contributed by atoms with Crippen molar-refractivity contribution < 1.29 is 32.4 Å². The Kier molecular flexibility index (Phi) is 6.74. The van der Waals surface area contributed by atoms with Crippen LogP contribution in [0.25, 0.3) is 0 Å². The molecule has 8 heteroatoms. The highest BCUT2D eigenvalue weighted by Gasteiger charge is 2.52. The van der Waals surface area contributed by atoms with Crippen LogP contribution in [0.3, 0.4) is 0 Å². The molecule has 1 aromatic rings. The summed E-state index contributed by atoms with van der Waals surface area (Å²) in [6.07, 6.45) is 0. The van der Waals surface area contributed by atoms with Crippen LogP contribution in [0.4, 0.5) is 0 Å². The Bertz CT molecular complexity index is 513. The fraction of sp³-hybridized carbons (Fsp3) is 0.357. The van der Waals surface area contributed by atoms with Gasteiger partial charge in [0.15, 0.2) is 0 Å². The zero-order valence-electron chi connectivity index (χ0n) is 12.7. The van der Waals surface area contributed by atoms with Crippen molar-refractivity contribution in [2.75, 3.05) is 13.7 Å². The Labute approximate surface area is 129 Å². The van der Waals surface area contributed by atoms with E-state index < -0.39 is 26.7 Å². The number of methoxy groups -OCH3 is 1. The molecule has 22 heavy (non-hydrogen) atoms. The Morgan fingerprint density at radius 1 is 0.955 bits per heavy atom. The van der Waals surface area contributed by atoms with Gasteiger partial charge in [0.2, 0.25) is 0 Å². The van der Waals surface area contributed by atoms with Gasteiger partial charge in [-0.05, 0) is 5.56 Å². The molecule has 7 nitrogen and oxygen atoms in total. The van der Waals surface area contributed by atoms with E-state index in [9.17, 15) is 14.4 Å². The third-order valence-electron chi connectivity index (χ3n) is 2.39. The van der Waals surface area contributed by atoms with E-state index in [2.05, 4.69) is 4.74 Å². The first-order valence-electron chi connectivity index (χ1n) is 6.51. The summed E-state index contributed by atoms with van der Waals surface area (Å²) in [4.78, 5) is 34.5. The minimum atomic E-state index is -3.89. The van der Waals surface area contributed by atoms with Crippen LogP contribution in [0.5, 0.6) is 0 Å². The van der Waals surface area contributed by atoms with Crippen LogP contribution in [0, 0.1) is 0 Å². The number of carbonyl (C=O) groups excluding carboxylic acids is 3. The number of ether oxygens (including phenoxy) is 1. The first kappa shape index (κ1) is 17.9. The van der Waals surface area contributed by atoms with E-state index in [-0.39, 0.29) is 12.7 Å². The molecule has 120 valence electrons. The quantitative estimate of drug-likeness (QED) is 0.691. The Morgan fingerprint density at radius 3 is 1.95 bits per heavy atom. The van der Waals surface area contributed by atoms with E-state index in [1.54, 1.807) is 30.3 Å². The highest BCUT2D eigenvalue weighted by Crippen LogP contribution is 2.18. The molecule has 0 unspecified atom stereocenters. The van der Waals surface area contributed by atoms with Gasteiger partial charge in [0.1, 0.15) is 6.61 Å². The van der Waals surface area contributed by atoms with Gasteiger partial charge in [0.05, 0.1) is 6.04 Å².